The van der Waals surface area contributed by atoms with E-state index in [-0.39, 0.29) is 0 Å². The van der Waals surface area contributed by atoms with Gasteiger partial charge in [0, 0.05) is 25.0 Å². The fourth-order valence-electron chi connectivity index (χ4n) is 1.42. The number of aromatic nitrogens is 1. The molecule has 1 unspecified atom stereocenters. The molecule has 0 fully saturated rings. The van der Waals surface area contributed by atoms with Crippen molar-refractivity contribution in [3.05, 3.63) is 29.6 Å². The fraction of sp³-hybridized carbons (Fsp3) is 0.583. The molecule has 16 heavy (non-hydrogen) atoms. The van der Waals surface area contributed by atoms with E-state index >= 15 is 0 Å². The van der Waals surface area contributed by atoms with Gasteiger partial charge in [-0.25, -0.2) is 0 Å². The minimum atomic E-state index is -0.649. The zero-order chi connectivity index (χ0) is 12.0. The summed E-state index contributed by atoms with van der Waals surface area (Å²) in [5, 5.41) is 13.2. The van der Waals surface area contributed by atoms with Crippen molar-refractivity contribution in [2.75, 3.05) is 18.6 Å². The molecular formula is C12H20N2OS. The molecular weight excluding hydrogens is 220 g/mol. The van der Waals surface area contributed by atoms with Crippen LogP contribution in [0, 0.1) is 6.92 Å². The molecule has 4 heteroatoms. The summed E-state index contributed by atoms with van der Waals surface area (Å²) in [6, 6.07) is 4.05. The van der Waals surface area contributed by atoms with Crippen LogP contribution in [-0.4, -0.2) is 34.2 Å². The molecule has 0 aliphatic carbocycles. The lowest BCUT2D eigenvalue weighted by atomic mass is 10.1. The van der Waals surface area contributed by atoms with Crippen LogP contribution in [0.3, 0.4) is 0 Å². The van der Waals surface area contributed by atoms with Crippen molar-refractivity contribution >= 4 is 11.8 Å². The van der Waals surface area contributed by atoms with Gasteiger partial charge in [0.25, 0.3) is 0 Å². The third-order valence-corrected chi connectivity index (χ3v) is 3.15. The summed E-state index contributed by atoms with van der Waals surface area (Å²) in [6.45, 7) is 5.15. The Balaban J connectivity index is 2.32. The normalized spacial score (nSPS) is 14.8. The third kappa shape index (κ3) is 4.96. The van der Waals surface area contributed by atoms with E-state index < -0.39 is 5.60 Å². The summed E-state index contributed by atoms with van der Waals surface area (Å²) in [4.78, 5) is 4.29. The average Bonchev–Trinajstić information content (AvgIpc) is 2.20. The minimum absolute atomic E-state index is 0.587. The van der Waals surface area contributed by atoms with Gasteiger partial charge in [0.2, 0.25) is 0 Å². The number of hydrogen-bond acceptors (Lipinski definition) is 4. The Morgan fingerprint density at radius 1 is 1.50 bits per heavy atom. The van der Waals surface area contributed by atoms with Crippen LogP contribution in [0.1, 0.15) is 18.2 Å². The number of aryl methyl sites for hydroxylation is 1. The van der Waals surface area contributed by atoms with Crippen LogP contribution in [0.15, 0.2) is 18.3 Å². The monoisotopic (exact) mass is 240 g/mol. The highest BCUT2D eigenvalue weighted by Crippen LogP contribution is 2.09. The first-order valence-electron chi connectivity index (χ1n) is 5.37. The van der Waals surface area contributed by atoms with E-state index in [4.69, 9.17) is 0 Å². The van der Waals surface area contributed by atoms with Crippen LogP contribution in [0.5, 0.6) is 0 Å². The van der Waals surface area contributed by atoms with Crippen molar-refractivity contribution in [1.29, 1.82) is 0 Å². The molecule has 0 aromatic carbocycles. The van der Waals surface area contributed by atoms with E-state index in [1.165, 1.54) is 0 Å². The summed E-state index contributed by atoms with van der Waals surface area (Å²) in [5.41, 5.74) is 1.52. The number of pyridine rings is 1. The van der Waals surface area contributed by atoms with Crippen molar-refractivity contribution in [2.24, 2.45) is 0 Å². The first-order valence-corrected chi connectivity index (χ1v) is 6.76. The lowest BCUT2D eigenvalue weighted by Gasteiger charge is -2.22. The van der Waals surface area contributed by atoms with Crippen LogP contribution in [0.2, 0.25) is 0 Å². The minimum Gasteiger partial charge on any atom is -0.388 e. The summed E-state index contributed by atoms with van der Waals surface area (Å²) in [7, 11) is 0. The van der Waals surface area contributed by atoms with E-state index in [1.54, 1.807) is 11.8 Å². The second-order valence-electron chi connectivity index (χ2n) is 4.36. The maximum absolute atomic E-state index is 9.93. The topological polar surface area (TPSA) is 45.1 Å². The summed E-state index contributed by atoms with van der Waals surface area (Å²) >= 11 is 1.65. The molecule has 0 spiro atoms. The van der Waals surface area contributed by atoms with Crippen LogP contribution >= 0.6 is 11.8 Å². The third-order valence-electron chi connectivity index (χ3n) is 2.24. The molecule has 0 amide bonds. The van der Waals surface area contributed by atoms with Crippen molar-refractivity contribution in [3.8, 4) is 0 Å². The molecule has 0 saturated carbocycles. The summed E-state index contributed by atoms with van der Waals surface area (Å²) < 4.78 is 0. The molecule has 1 aromatic rings. The van der Waals surface area contributed by atoms with Crippen molar-refractivity contribution in [1.82, 2.24) is 10.3 Å². The Bertz CT molecular complexity index is 311. The van der Waals surface area contributed by atoms with Gasteiger partial charge in [-0.05, 0) is 31.7 Å². The second kappa shape index (κ2) is 6.23. The van der Waals surface area contributed by atoms with E-state index in [0.29, 0.717) is 13.1 Å². The Morgan fingerprint density at radius 3 is 2.81 bits per heavy atom. The molecule has 90 valence electrons. The zero-order valence-electron chi connectivity index (χ0n) is 10.2. The first kappa shape index (κ1) is 13.5. The molecule has 0 aliphatic rings. The predicted octanol–water partition coefficient (Wildman–Crippen LogP) is 1.59. The number of thioether (sulfide) groups is 1. The van der Waals surface area contributed by atoms with Gasteiger partial charge >= 0.3 is 0 Å². The first-order chi connectivity index (χ1) is 7.53. The molecule has 1 aromatic heterocycles. The van der Waals surface area contributed by atoms with Gasteiger partial charge in [-0.3, -0.25) is 4.98 Å². The summed E-state index contributed by atoms with van der Waals surface area (Å²) in [5.74, 6) is 0.737. The number of aliphatic hydroxyl groups is 1. The van der Waals surface area contributed by atoms with Gasteiger partial charge in [0.05, 0.1) is 11.3 Å². The maximum atomic E-state index is 9.93. The van der Waals surface area contributed by atoms with Gasteiger partial charge < -0.3 is 10.4 Å². The van der Waals surface area contributed by atoms with Crippen LogP contribution < -0.4 is 5.32 Å². The van der Waals surface area contributed by atoms with E-state index in [1.807, 2.05) is 38.4 Å². The smallest absolute Gasteiger partial charge is 0.0833 e. The molecule has 1 atom stereocenters. The molecule has 2 N–H and O–H groups in total. The van der Waals surface area contributed by atoms with E-state index in [9.17, 15) is 5.11 Å². The highest BCUT2D eigenvalue weighted by atomic mass is 32.2. The Kier molecular flexibility index (Phi) is 5.25. The second-order valence-corrected chi connectivity index (χ2v) is 5.23. The quantitative estimate of drug-likeness (QED) is 0.792. The van der Waals surface area contributed by atoms with Gasteiger partial charge in [-0.15, -0.1) is 0 Å². The molecule has 3 nitrogen and oxygen atoms in total. The number of rotatable bonds is 6. The molecule has 0 radical (unpaired) electrons. The van der Waals surface area contributed by atoms with Crippen LogP contribution in [0.4, 0.5) is 0 Å². The molecule has 0 saturated heterocycles. The highest BCUT2D eigenvalue weighted by Gasteiger charge is 2.18. The van der Waals surface area contributed by atoms with Crippen molar-refractivity contribution in [2.45, 2.75) is 26.0 Å². The van der Waals surface area contributed by atoms with Crippen LogP contribution in [0.25, 0.3) is 0 Å². The number of nitrogens with zero attached hydrogens (tertiary/aromatic N) is 1. The fourth-order valence-corrected chi connectivity index (χ4v) is 2.15. The highest BCUT2D eigenvalue weighted by molar-refractivity contribution is 7.98. The standard InChI is InChI=1S/C12H20N2OS/c1-10-4-5-11(14-6-10)7-13-8-12(2,15)9-16-3/h4-6,13,15H,7-9H2,1-3H3. The molecule has 1 rings (SSSR count). The Morgan fingerprint density at radius 2 is 2.25 bits per heavy atom. The molecule has 0 bridgehead atoms. The van der Waals surface area contributed by atoms with E-state index in [2.05, 4.69) is 10.3 Å². The van der Waals surface area contributed by atoms with Gasteiger partial charge in [-0.1, -0.05) is 6.07 Å². The largest absolute Gasteiger partial charge is 0.388 e. The number of nitrogens with one attached hydrogen (secondary N) is 1. The van der Waals surface area contributed by atoms with Crippen LogP contribution in [-0.2, 0) is 6.54 Å². The van der Waals surface area contributed by atoms with Crippen molar-refractivity contribution < 1.29 is 5.11 Å². The Hall–Kier alpha value is -0.580. The number of hydrogen-bond donors (Lipinski definition) is 2. The van der Waals surface area contributed by atoms with Gasteiger partial charge in [0.15, 0.2) is 0 Å². The molecule has 1 heterocycles. The zero-order valence-corrected chi connectivity index (χ0v) is 11.0. The summed E-state index contributed by atoms with van der Waals surface area (Å²) in [6.07, 6.45) is 3.85. The predicted molar refractivity (Wildman–Crippen MR) is 69.7 cm³/mol. The Labute approximate surface area is 102 Å². The van der Waals surface area contributed by atoms with Gasteiger partial charge in [0.1, 0.15) is 0 Å². The average molecular weight is 240 g/mol. The SMILES string of the molecule is CSCC(C)(O)CNCc1ccc(C)cn1. The van der Waals surface area contributed by atoms with Crippen molar-refractivity contribution in [3.63, 3.8) is 0 Å². The lowest BCUT2D eigenvalue weighted by Crippen LogP contribution is -2.39. The van der Waals surface area contributed by atoms with Gasteiger partial charge in [-0.2, -0.15) is 11.8 Å². The van der Waals surface area contributed by atoms with E-state index in [0.717, 1.165) is 17.0 Å². The lowest BCUT2D eigenvalue weighted by molar-refractivity contribution is 0.0845. The molecule has 0 aliphatic heterocycles. The maximum Gasteiger partial charge on any atom is 0.0833 e.